The maximum atomic E-state index is 12.2. The fraction of sp³-hybridized carbons (Fsp3) is 0.786. The van der Waals surface area contributed by atoms with Crippen LogP contribution in [0.3, 0.4) is 0 Å². The smallest absolute Gasteiger partial charge is 0.229 e. The molecule has 1 aliphatic heterocycles. The summed E-state index contributed by atoms with van der Waals surface area (Å²) in [5.41, 5.74) is 5.72. The maximum Gasteiger partial charge on any atom is 0.229 e. The lowest BCUT2D eigenvalue weighted by Crippen LogP contribution is -2.53. The lowest BCUT2D eigenvalue weighted by atomic mass is 9.74. The van der Waals surface area contributed by atoms with Crippen molar-refractivity contribution in [3.8, 4) is 0 Å². The molecule has 6 nitrogen and oxygen atoms in total. The second-order valence-electron chi connectivity index (χ2n) is 6.03. The van der Waals surface area contributed by atoms with Crippen molar-refractivity contribution >= 4 is 17.7 Å². The molecule has 0 aromatic rings. The molecule has 0 radical (unpaired) electrons. The topological polar surface area (TPSA) is 92.5 Å². The van der Waals surface area contributed by atoms with Crippen molar-refractivity contribution in [2.75, 3.05) is 13.1 Å². The predicted octanol–water partition coefficient (Wildman–Crippen LogP) is 0.159. The quantitative estimate of drug-likeness (QED) is 0.718. The molecule has 0 spiro atoms. The summed E-state index contributed by atoms with van der Waals surface area (Å²) < 4.78 is 0. The van der Waals surface area contributed by atoms with Gasteiger partial charge in [0.05, 0.1) is 5.92 Å². The summed E-state index contributed by atoms with van der Waals surface area (Å²) in [6.45, 7) is 2.49. The molecule has 2 rings (SSSR count). The zero-order valence-corrected chi connectivity index (χ0v) is 12.0. The van der Waals surface area contributed by atoms with Gasteiger partial charge >= 0.3 is 0 Å². The highest BCUT2D eigenvalue weighted by atomic mass is 16.2. The van der Waals surface area contributed by atoms with E-state index in [4.69, 9.17) is 5.73 Å². The van der Waals surface area contributed by atoms with Crippen molar-refractivity contribution in [1.82, 2.24) is 10.2 Å². The molecule has 0 bridgehead atoms. The summed E-state index contributed by atoms with van der Waals surface area (Å²) in [6.07, 6.45) is 4.32. The van der Waals surface area contributed by atoms with Crippen molar-refractivity contribution in [2.24, 2.45) is 11.7 Å². The third-order valence-corrected chi connectivity index (χ3v) is 4.36. The first kappa shape index (κ1) is 15.0. The number of likely N-dealkylation sites (tertiary alicyclic amines) is 1. The number of hydrogen-bond acceptors (Lipinski definition) is 4. The SMILES string of the molecule is CC1(N)CCCCC1C(=O)NCCN1C(=O)CCC1=O. The fourth-order valence-electron chi connectivity index (χ4n) is 3.08. The summed E-state index contributed by atoms with van der Waals surface area (Å²) in [6, 6.07) is 0. The van der Waals surface area contributed by atoms with Gasteiger partial charge in [0, 0.05) is 31.5 Å². The van der Waals surface area contributed by atoms with E-state index >= 15 is 0 Å². The summed E-state index contributed by atoms with van der Waals surface area (Å²) in [7, 11) is 0. The minimum Gasteiger partial charge on any atom is -0.354 e. The van der Waals surface area contributed by atoms with Gasteiger partial charge in [0.2, 0.25) is 17.7 Å². The molecule has 6 heteroatoms. The number of carbonyl (C=O) groups excluding carboxylic acids is 3. The molecule has 2 fully saturated rings. The van der Waals surface area contributed by atoms with Crippen LogP contribution in [0.25, 0.3) is 0 Å². The summed E-state index contributed by atoms with van der Waals surface area (Å²) in [4.78, 5) is 36.3. The maximum absolute atomic E-state index is 12.2. The van der Waals surface area contributed by atoms with Crippen LogP contribution < -0.4 is 11.1 Å². The van der Waals surface area contributed by atoms with E-state index in [1.807, 2.05) is 6.92 Å². The molecular formula is C14H23N3O3. The number of hydrogen-bond donors (Lipinski definition) is 2. The van der Waals surface area contributed by atoms with Gasteiger partial charge in [0.15, 0.2) is 0 Å². The molecule has 1 heterocycles. The Kier molecular flexibility index (Phi) is 4.42. The number of nitrogens with two attached hydrogens (primary N) is 1. The highest BCUT2D eigenvalue weighted by molar-refractivity contribution is 6.01. The Balaban J connectivity index is 1.80. The Bertz CT molecular complexity index is 404. The number of imide groups is 1. The molecular weight excluding hydrogens is 258 g/mol. The van der Waals surface area contributed by atoms with Crippen LogP contribution in [0.1, 0.15) is 45.4 Å². The molecule has 3 N–H and O–H groups in total. The molecule has 0 aromatic heterocycles. The van der Waals surface area contributed by atoms with Crippen molar-refractivity contribution < 1.29 is 14.4 Å². The molecule has 3 amide bonds. The van der Waals surface area contributed by atoms with Gasteiger partial charge in [-0.3, -0.25) is 19.3 Å². The molecule has 112 valence electrons. The number of nitrogens with one attached hydrogen (secondary N) is 1. The van der Waals surface area contributed by atoms with Crippen LogP contribution >= 0.6 is 0 Å². The average Bonchev–Trinajstić information content (AvgIpc) is 2.69. The van der Waals surface area contributed by atoms with Gasteiger partial charge in [0.1, 0.15) is 0 Å². The first-order chi connectivity index (χ1) is 9.42. The van der Waals surface area contributed by atoms with E-state index in [0.29, 0.717) is 6.54 Å². The molecule has 1 aliphatic carbocycles. The van der Waals surface area contributed by atoms with Crippen LogP contribution in [-0.4, -0.2) is 41.2 Å². The first-order valence-corrected chi connectivity index (χ1v) is 7.31. The monoisotopic (exact) mass is 281 g/mol. The zero-order chi connectivity index (χ0) is 14.8. The van der Waals surface area contributed by atoms with E-state index in [-0.39, 0.29) is 43.0 Å². The minimum atomic E-state index is -0.457. The Morgan fingerprint density at radius 1 is 1.35 bits per heavy atom. The highest BCUT2D eigenvalue weighted by Crippen LogP contribution is 2.31. The fourth-order valence-corrected chi connectivity index (χ4v) is 3.08. The predicted molar refractivity (Wildman–Crippen MR) is 73.5 cm³/mol. The second kappa shape index (κ2) is 5.91. The van der Waals surface area contributed by atoms with E-state index in [0.717, 1.165) is 25.7 Å². The summed E-state index contributed by atoms with van der Waals surface area (Å²) in [5.74, 6) is -0.536. The Morgan fingerprint density at radius 3 is 2.60 bits per heavy atom. The van der Waals surface area contributed by atoms with Crippen molar-refractivity contribution in [3.05, 3.63) is 0 Å². The van der Waals surface area contributed by atoms with Gasteiger partial charge < -0.3 is 11.1 Å². The van der Waals surface area contributed by atoms with Gasteiger partial charge in [-0.1, -0.05) is 12.8 Å². The molecule has 1 saturated heterocycles. The minimum absolute atomic E-state index is 0.0613. The number of nitrogens with zero attached hydrogens (tertiary/aromatic N) is 1. The largest absolute Gasteiger partial charge is 0.354 e. The van der Waals surface area contributed by atoms with Crippen LogP contribution in [0.5, 0.6) is 0 Å². The third-order valence-electron chi connectivity index (χ3n) is 4.36. The molecule has 2 atom stereocenters. The van der Waals surface area contributed by atoms with Gasteiger partial charge in [-0.25, -0.2) is 0 Å². The van der Waals surface area contributed by atoms with Crippen molar-refractivity contribution in [3.63, 3.8) is 0 Å². The number of amides is 3. The molecule has 2 aliphatic rings. The number of carbonyl (C=O) groups is 3. The number of rotatable bonds is 4. The highest BCUT2D eigenvalue weighted by Gasteiger charge is 2.37. The van der Waals surface area contributed by atoms with Gasteiger partial charge in [-0.05, 0) is 19.8 Å². The molecule has 1 saturated carbocycles. The van der Waals surface area contributed by atoms with E-state index in [1.165, 1.54) is 4.90 Å². The molecule has 2 unspecified atom stereocenters. The molecule has 20 heavy (non-hydrogen) atoms. The Morgan fingerprint density at radius 2 is 2.00 bits per heavy atom. The van der Waals surface area contributed by atoms with E-state index < -0.39 is 5.54 Å². The van der Waals surface area contributed by atoms with Crippen LogP contribution in [0.4, 0.5) is 0 Å². The summed E-state index contributed by atoms with van der Waals surface area (Å²) in [5, 5.41) is 2.81. The van der Waals surface area contributed by atoms with Crippen LogP contribution in [0, 0.1) is 5.92 Å². The van der Waals surface area contributed by atoms with Crippen LogP contribution in [0.2, 0.25) is 0 Å². The first-order valence-electron chi connectivity index (χ1n) is 7.31. The zero-order valence-electron chi connectivity index (χ0n) is 12.0. The van der Waals surface area contributed by atoms with E-state index in [2.05, 4.69) is 5.32 Å². The standard InChI is InChI=1S/C14H23N3O3/c1-14(15)7-3-2-4-10(14)13(20)16-8-9-17-11(18)5-6-12(17)19/h10H,2-9,15H2,1H3,(H,16,20). The van der Waals surface area contributed by atoms with Gasteiger partial charge in [0.25, 0.3) is 0 Å². The van der Waals surface area contributed by atoms with Crippen LogP contribution in [-0.2, 0) is 14.4 Å². The normalized spacial score (nSPS) is 30.7. The lowest BCUT2D eigenvalue weighted by molar-refractivity contribution is -0.139. The van der Waals surface area contributed by atoms with Crippen molar-refractivity contribution in [1.29, 1.82) is 0 Å². The average molecular weight is 281 g/mol. The van der Waals surface area contributed by atoms with Gasteiger partial charge in [-0.2, -0.15) is 0 Å². The van der Waals surface area contributed by atoms with Gasteiger partial charge in [-0.15, -0.1) is 0 Å². The van der Waals surface area contributed by atoms with Crippen LogP contribution in [0.15, 0.2) is 0 Å². The Hall–Kier alpha value is -1.43. The lowest BCUT2D eigenvalue weighted by Gasteiger charge is -2.37. The van der Waals surface area contributed by atoms with E-state index in [1.54, 1.807) is 0 Å². The summed E-state index contributed by atoms with van der Waals surface area (Å²) >= 11 is 0. The Labute approximate surface area is 119 Å². The second-order valence-corrected chi connectivity index (χ2v) is 6.03. The molecule has 0 aromatic carbocycles. The van der Waals surface area contributed by atoms with E-state index in [9.17, 15) is 14.4 Å². The van der Waals surface area contributed by atoms with Crippen molar-refractivity contribution in [2.45, 2.75) is 51.0 Å². The third kappa shape index (κ3) is 3.17.